The monoisotopic (exact) mass is 450 g/mol. The summed E-state index contributed by atoms with van der Waals surface area (Å²) < 4.78 is 10.9. The van der Waals surface area contributed by atoms with E-state index in [4.69, 9.17) is 9.47 Å². The van der Waals surface area contributed by atoms with Gasteiger partial charge in [-0.05, 0) is 82.8 Å². The first kappa shape index (κ1) is 24.4. The summed E-state index contributed by atoms with van der Waals surface area (Å²) in [4.78, 5) is 11.7. The lowest BCUT2D eigenvalue weighted by Crippen LogP contribution is -2.29. The molecule has 1 aromatic rings. The zero-order chi connectivity index (χ0) is 22.2. The number of hydrogen-bond donors (Lipinski definition) is 2. The van der Waals surface area contributed by atoms with Crippen molar-refractivity contribution >= 4 is 17.7 Å². The maximum atomic E-state index is 11.7. The number of esters is 1. The van der Waals surface area contributed by atoms with Gasteiger partial charge >= 0.3 is 5.97 Å². The van der Waals surface area contributed by atoms with Crippen LogP contribution in [0.15, 0.2) is 30.3 Å². The highest BCUT2D eigenvalue weighted by Gasteiger charge is 2.45. The SMILES string of the molecule is CC(C)OC(=O)CCC[C@H]1CC[C@@H]2[C@@H](CC[C@@H](O)COc3ccccc3)[C@H](O)C[C@@H]2S1. The first-order chi connectivity index (χ1) is 14.9. The molecule has 174 valence electrons. The fourth-order valence-electron chi connectivity index (χ4n) is 4.99. The summed E-state index contributed by atoms with van der Waals surface area (Å²) in [5, 5.41) is 22.1. The van der Waals surface area contributed by atoms with E-state index in [1.165, 1.54) is 0 Å². The second-order valence-electron chi connectivity index (χ2n) is 9.29. The number of rotatable bonds is 11. The Balaban J connectivity index is 1.36. The predicted octanol–water partition coefficient (Wildman–Crippen LogP) is 4.59. The van der Waals surface area contributed by atoms with Crippen molar-refractivity contribution < 1.29 is 24.5 Å². The molecule has 0 radical (unpaired) electrons. The van der Waals surface area contributed by atoms with Crippen LogP contribution >= 0.6 is 11.8 Å². The third kappa shape index (κ3) is 7.69. The summed E-state index contributed by atoms with van der Waals surface area (Å²) in [5.74, 6) is 1.48. The summed E-state index contributed by atoms with van der Waals surface area (Å²) >= 11 is 2.02. The van der Waals surface area contributed by atoms with Gasteiger partial charge in [-0.15, -0.1) is 0 Å². The Morgan fingerprint density at radius 3 is 2.71 bits per heavy atom. The number of aliphatic hydroxyl groups excluding tert-OH is 2. The topological polar surface area (TPSA) is 76.0 Å². The van der Waals surface area contributed by atoms with Crippen molar-refractivity contribution in [2.24, 2.45) is 11.8 Å². The first-order valence-corrected chi connectivity index (χ1v) is 12.8. The van der Waals surface area contributed by atoms with Gasteiger partial charge in [-0.2, -0.15) is 11.8 Å². The van der Waals surface area contributed by atoms with Gasteiger partial charge in [-0.25, -0.2) is 0 Å². The van der Waals surface area contributed by atoms with Gasteiger partial charge in [0.1, 0.15) is 12.4 Å². The summed E-state index contributed by atoms with van der Waals surface area (Å²) in [5.41, 5.74) is 0. The number of fused-ring (bicyclic) bond motifs is 1. The second-order valence-corrected chi connectivity index (χ2v) is 10.8. The first-order valence-electron chi connectivity index (χ1n) is 11.8. The fraction of sp³-hybridized carbons (Fsp3) is 0.720. The Morgan fingerprint density at radius 2 is 1.97 bits per heavy atom. The zero-order valence-electron chi connectivity index (χ0n) is 18.8. The Bertz CT molecular complexity index is 667. The molecule has 0 unspecified atom stereocenters. The van der Waals surface area contributed by atoms with Crippen LogP contribution < -0.4 is 4.74 Å². The molecule has 1 heterocycles. The van der Waals surface area contributed by atoms with Crippen molar-refractivity contribution in [3.63, 3.8) is 0 Å². The number of thioether (sulfide) groups is 1. The summed E-state index contributed by atoms with van der Waals surface area (Å²) in [6, 6.07) is 9.56. The quantitative estimate of drug-likeness (QED) is 0.480. The van der Waals surface area contributed by atoms with Gasteiger partial charge in [0, 0.05) is 16.9 Å². The average Bonchev–Trinajstić information content (AvgIpc) is 3.05. The number of carbonyl (C=O) groups is 1. The van der Waals surface area contributed by atoms with E-state index >= 15 is 0 Å². The minimum absolute atomic E-state index is 0.0438. The molecule has 31 heavy (non-hydrogen) atoms. The van der Waals surface area contributed by atoms with Crippen LogP contribution in [0.4, 0.5) is 0 Å². The Morgan fingerprint density at radius 1 is 1.19 bits per heavy atom. The standard InChI is InChI=1S/C25H38O5S/c1-17(2)30-25(28)10-6-9-20-12-14-22-21(23(27)15-24(22)31-20)13-11-18(26)16-29-19-7-4-3-5-8-19/h3-5,7-8,17-18,20-24,26-27H,6,9-16H2,1-2H3/t18-,20+,21-,22-,23-,24+/m1/s1. The molecule has 5 nitrogen and oxygen atoms in total. The lowest BCUT2D eigenvalue weighted by atomic mass is 9.85. The summed E-state index contributed by atoms with van der Waals surface area (Å²) in [6.45, 7) is 4.05. The van der Waals surface area contributed by atoms with E-state index in [2.05, 4.69) is 0 Å². The second kappa shape index (κ2) is 12.1. The zero-order valence-corrected chi connectivity index (χ0v) is 19.6. The Kier molecular flexibility index (Phi) is 9.54. The van der Waals surface area contributed by atoms with Gasteiger partial charge in [0.25, 0.3) is 0 Å². The van der Waals surface area contributed by atoms with Crippen molar-refractivity contribution in [1.29, 1.82) is 0 Å². The van der Waals surface area contributed by atoms with E-state index < -0.39 is 6.10 Å². The molecule has 1 aromatic carbocycles. The number of hydrogen-bond acceptors (Lipinski definition) is 6. The van der Waals surface area contributed by atoms with Crippen molar-refractivity contribution in [2.75, 3.05) is 6.61 Å². The molecule has 2 aliphatic rings. The highest BCUT2D eigenvalue weighted by molar-refractivity contribution is 8.00. The summed E-state index contributed by atoms with van der Waals surface area (Å²) in [6.07, 6.45) is 6.21. The van der Waals surface area contributed by atoms with Crippen LogP contribution in [0.2, 0.25) is 0 Å². The van der Waals surface area contributed by atoms with Crippen molar-refractivity contribution in [3.05, 3.63) is 30.3 Å². The van der Waals surface area contributed by atoms with E-state index in [0.717, 1.165) is 44.3 Å². The lowest BCUT2D eigenvalue weighted by Gasteiger charge is -2.34. The molecule has 1 saturated carbocycles. The van der Waals surface area contributed by atoms with Crippen LogP contribution in [0.5, 0.6) is 5.75 Å². The van der Waals surface area contributed by atoms with Crippen LogP contribution in [0.3, 0.4) is 0 Å². The van der Waals surface area contributed by atoms with Gasteiger partial charge in [-0.1, -0.05) is 18.2 Å². The molecular formula is C25H38O5S. The van der Waals surface area contributed by atoms with E-state index in [0.29, 0.717) is 29.3 Å². The average molecular weight is 451 g/mol. The number of carbonyl (C=O) groups excluding carboxylic acids is 1. The highest BCUT2D eigenvalue weighted by Crippen LogP contribution is 2.50. The van der Waals surface area contributed by atoms with Crippen molar-refractivity contribution in [3.8, 4) is 5.75 Å². The molecule has 2 fully saturated rings. The highest BCUT2D eigenvalue weighted by atomic mass is 32.2. The van der Waals surface area contributed by atoms with Crippen LogP contribution in [-0.2, 0) is 9.53 Å². The molecule has 0 bridgehead atoms. The minimum Gasteiger partial charge on any atom is -0.491 e. The molecule has 0 aromatic heterocycles. The van der Waals surface area contributed by atoms with Gasteiger partial charge in [0.05, 0.1) is 18.3 Å². The molecule has 1 aliphatic heterocycles. The van der Waals surface area contributed by atoms with E-state index in [1.807, 2.05) is 55.9 Å². The van der Waals surface area contributed by atoms with Crippen LogP contribution in [0, 0.1) is 11.8 Å². The number of ether oxygens (including phenoxy) is 2. The Labute approximate surface area is 190 Å². The minimum atomic E-state index is -0.513. The number of aliphatic hydroxyl groups is 2. The van der Waals surface area contributed by atoms with Crippen LogP contribution in [0.1, 0.15) is 65.2 Å². The molecule has 6 heteroatoms. The molecular weight excluding hydrogens is 412 g/mol. The molecule has 0 spiro atoms. The van der Waals surface area contributed by atoms with Crippen LogP contribution in [-0.4, -0.2) is 51.6 Å². The number of para-hydroxylation sites is 1. The molecule has 0 amide bonds. The van der Waals surface area contributed by atoms with Crippen LogP contribution in [0.25, 0.3) is 0 Å². The Hall–Kier alpha value is -1.24. The van der Waals surface area contributed by atoms with Crippen molar-refractivity contribution in [1.82, 2.24) is 0 Å². The molecule has 3 rings (SSSR count). The smallest absolute Gasteiger partial charge is 0.306 e. The molecule has 6 atom stereocenters. The van der Waals surface area contributed by atoms with E-state index in [-0.39, 0.29) is 30.7 Å². The lowest BCUT2D eigenvalue weighted by molar-refractivity contribution is -0.147. The maximum Gasteiger partial charge on any atom is 0.306 e. The fourth-order valence-corrected chi connectivity index (χ4v) is 6.91. The molecule has 2 N–H and O–H groups in total. The van der Waals surface area contributed by atoms with Gasteiger partial charge in [0.2, 0.25) is 0 Å². The maximum absolute atomic E-state index is 11.7. The normalized spacial score (nSPS) is 28.9. The largest absolute Gasteiger partial charge is 0.491 e. The van der Waals surface area contributed by atoms with E-state index in [1.54, 1.807) is 0 Å². The summed E-state index contributed by atoms with van der Waals surface area (Å²) in [7, 11) is 0. The molecule has 1 aliphatic carbocycles. The number of benzene rings is 1. The van der Waals surface area contributed by atoms with Gasteiger partial charge in [-0.3, -0.25) is 4.79 Å². The third-order valence-electron chi connectivity index (χ3n) is 6.48. The van der Waals surface area contributed by atoms with Crippen molar-refractivity contribution in [2.45, 2.75) is 94.0 Å². The third-order valence-corrected chi connectivity index (χ3v) is 8.23. The molecule has 1 saturated heterocycles. The predicted molar refractivity (Wildman–Crippen MR) is 124 cm³/mol. The van der Waals surface area contributed by atoms with E-state index in [9.17, 15) is 15.0 Å². The van der Waals surface area contributed by atoms with Gasteiger partial charge < -0.3 is 19.7 Å². The van der Waals surface area contributed by atoms with Gasteiger partial charge in [0.15, 0.2) is 0 Å².